The Morgan fingerprint density at radius 1 is 1.00 bits per heavy atom. The second-order valence-corrected chi connectivity index (χ2v) is 5.48. The molecule has 4 rings (SSSR count). The number of para-hydroxylation sites is 1. The summed E-state index contributed by atoms with van der Waals surface area (Å²) < 4.78 is 11.7. The molecule has 2 N–H and O–H groups in total. The number of rotatable bonds is 1. The summed E-state index contributed by atoms with van der Waals surface area (Å²) >= 11 is 0. The lowest BCUT2D eigenvalue weighted by molar-refractivity contribution is 0.153. The monoisotopic (exact) mass is 267 g/mol. The lowest BCUT2D eigenvalue weighted by atomic mass is 9.92. The number of benzene rings is 2. The van der Waals surface area contributed by atoms with E-state index in [1.54, 1.807) is 0 Å². The average Bonchev–Trinajstić information content (AvgIpc) is 2.94. The van der Waals surface area contributed by atoms with Crippen molar-refractivity contribution < 1.29 is 9.47 Å². The first-order chi connectivity index (χ1) is 9.81. The van der Waals surface area contributed by atoms with Crippen LogP contribution in [0.4, 0.5) is 0 Å². The molecule has 2 atom stereocenters. The van der Waals surface area contributed by atoms with Gasteiger partial charge in [-0.3, -0.25) is 0 Å². The third-order valence-corrected chi connectivity index (χ3v) is 4.11. The van der Waals surface area contributed by atoms with Crippen LogP contribution in [-0.2, 0) is 12.8 Å². The van der Waals surface area contributed by atoms with E-state index in [0.717, 1.165) is 36.5 Å². The van der Waals surface area contributed by atoms with E-state index in [-0.39, 0.29) is 12.1 Å². The Labute approximate surface area is 118 Å². The van der Waals surface area contributed by atoms with E-state index >= 15 is 0 Å². The molecule has 2 aromatic rings. The van der Waals surface area contributed by atoms with Crippen LogP contribution in [0.5, 0.6) is 11.5 Å². The maximum absolute atomic E-state index is 6.31. The summed E-state index contributed by atoms with van der Waals surface area (Å²) in [6.45, 7) is 0.777. The Hall–Kier alpha value is -2.00. The summed E-state index contributed by atoms with van der Waals surface area (Å²) in [4.78, 5) is 0. The van der Waals surface area contributed by atoms with Crippen LogP contribution < -0.4 is 15.2 Å². The van der Waals surface area contributed by atoms with Crippen LogP contribution in [0, 0.1) is 0 Å². The number of fused-ring (bicyclic) bond motifs is 2. The Balaban J connectivity index is 1.69. The highest BCUT2D eigenvalue weighted by Crippen LogP contribution is 2.36. The normalized spacial score (nSPS) is 23.4. The molecule has 0 radical (unpaired) electrons. The van der Waals surface area contributed by atoms with E-state index in [1.807, 2.05) is 24.3 Å². The summed E-state index contributed by atoms with van der Waals surface area (Å²) in [5, 5.41) is 0. The van der Waals surface area contributed by atoms with Crippen LogP contribution in [0.15, 0.2) is 42.5 Å². The third-order valence-electron chi connectivity index (χ3n) is 4.11. The van der Waals surface area contributed by atoms with Gasteiger partial charge in [0, 0.05) is 6.42 Å². The number of hydrogen-bond acceptors (Lipinski definition) is 3. The molecule has 3 heteroatoms. The molecule has 0 spiro atoms. The van der Waals surface area contributed by atoms with Crippen molar-refractivity contribution in [2.75, 3.05) is 6.61 Å². The van der Waals surface area contributed by atoms with Crippen molar-refractivity contribution in [3.63, 3.8) is 0 Å². The molecule has 2 aliphatic rings. The molecule has 0 unspecified atom stereocenters. The van der Waals surface area contributed by atoms with E-state index in [9.17, 15) is 0 Å². The van der Waals surface area contributed by atoms with Crippen molar-refractivity contribution in [2.45, 2.75) is 25.0 Å². The molecule has 20 heavy (non-hydrogen) atoms. The largest absolute Gasteiger partial charge is 0.493 e. The van der Waals surface area contributed by atoms with Crippen LogP contribution in [0.25, 0.3) is 0 Å². The number of ether oxygens (including phenoxy) is 2. The molecule has 0 aromatic heterocycles. The SMILES string of the molecule is N[C@@H]1Cc2ccccc2O[C@@H]1c1ccc2c(c1)CCO2. The molecule has 0 aliphatic carbocycles. The third kappa shape index (κ3) is 1.86. The Bertz CT molecular complexity index is 653. The highest BCUT2D eigenvalue weighted by atomic mass is 16.5. The Morgan fingerprint density at radius 2 is 1.90 bits per heavy atom. The highest BCUT2D eigenvalue weighted by molar-refractivity contribution is 5.43. The second-order valence-electron chi connectivity index (χ2n) is 5.48. The summed E-state index contributed by atoms with van der Waals surface area (Å²) in [7, 11) is 0. The van der Waals surface area contributed by atoms with Gasteiger partial charge in [0.2, 0.25) is 0 Å². The van der Waals surface area contributed by atoms with Crippen molar-refractivity contribution in [3.05, 3.63) is 59.2 Å². The molecule has 0 amide bonds. The zero-order valence-electron chi connectivity index (χ0n) is 11.2. The summed E-state index contributed by atoms with van der Waals surface area (Å²) in [5.41, 5.74) is 9.92. The Morgan fingerprint density at radius 3 is 2.85 bits per heavy atom. The van der Waals surface area contributed by atoms with Crippen LogP contribution in [0.1, 0.15) is 22.8 Å². The minimum absolute atomic E-state index is 0.00901. The first-order valence-electron chi connectivity index (χ1n) is 7.07. The molecule has 2 aliphatic heterocycles. The van der Waals surface area contributed by atoms with Gasteiger partial charge in [0.05, 0.1) is 12.6 Å². The maximum atomic E-state index is 6.31. The summed E-state index contributed by atoms with van der Waals surface area (Å²) in [6, 6.07) is 14.4. The van der Waals surface area contributed by atoms with E-state index in [2.05, 4.69) is 18.2 Å². The fraction of sp³-hybridized carbons (Fsp3) is 0.294. The molecule has 2 heterocycles. The van der Waals surface area contributed by atoms with E-state index in [0.29, 0.717) is 0 Å². The highest BCUT2D eigenvalue weighted by Gasteiger charge is 2.29. The molecule has 2 aromatic carbocycles. The molecule has 3 nitrogen and oxygen atoms in total. The predicted octanol–water partition coefficient (Wildman–Crippen LogP) is 2.63. The fourth-order valence-electron chi connectivity index (χ4n) is 3.07. The van der Waals surface area contributed by atoms with Crippen molar-refractivity contribution in [2.24, 2.45) is 5.73 Å². The van der Waals surface area contributed by atoms with Crippen molar-refractivity contribution in [1.29, 1.82) is 0 Å². The Kier molecular flexibility index (Phi) is 2.67. The number of hydrogen-bond donors (Lipinski definition) is 1. The van der Waals surface area contributed by atoms with Gasteiger partial charge in [-0.15, -0.1) is 0 Å². The van der Waals surface area contributed by atoms with Gasteiger partial charge in [-0.2, -0.15) is 0 Å². The van der Waals surface area contributed by atoms with Gasteiger partial charge < -0.3 is 15.2 Å². The second kappa shape index (κ2) is 4.53. The standard InChI is InChI=1S/C17H17NO2/c18-14-10-11-3-1-2-4-16(11)20-17(14)13-5-6-15-12(9-13)7-8-19-15/h1-6,9,14,17H,7-8,10,18H2/t14-,17-/m1/s1. The van der Waals surface area contributed by atoms with E-state index < -0.39 is 0 Å². The molecular weight excluding hydrogens is 250 g/mol. The van der Waals surface area contributed by atoms with Gasteiger partial charge in [-0.1, -0.05) is 24.3 Å². The fourth-order valence-corrected chi connectivity index (χ4v) is 3.07. The quantitative estimate of drug-likeness (QED) is 0.864. The molecule has 0 fully saturated rings. The maximum Gasteiger partial charge on any atom is 0.139 e. The lowest BCUT2D eigenvalue weighted by Gasteiger charge is -2.31. The molecule has 0 saturated carbocycles. The molecular formula is C17H17NO2. The molecule has 102 valence electrons. The van der Waals surface area contributed by atoms with Gasteiger partial charge >= 0.3 is 0 Å². The van der Waals surface area contributed by atoms with Gasteiger partial charge in [0.15, 0.2) is 0 Å². The van der Waals surface area contributed by atoms with E-state index in [4.69, 9.17) is 15.2 Å². The van der Waals surface area contributed by atoms with Crippen LogP contribution in [0.2, 0.25) is 0 Å². The van der Waals surface area contributed by atoms with Crippen LogP contribution >= 0.6 is 0 Å². The van der Waals surface area contributed by atoms with Gasteiger partial charge in [-0.05, 0) is 41.3 Å². The van der Waals surface area contributed by atoms with Crippen molar-refractivity contribution in [3.8, 4) is 11.5 Å². The topological polar surface area (TPSA) is 44.5 Å². The van der Waals surface area contributed by atoms with Gasteiger partial charge in [0.25, 0.3) is 0 Å². The average molecular weight is 267 g/mol. The van der Waals surface area contributed by atoms with Crippen molar-refractivity contribution >= 4 is 0 Å². The van der Waals surface area contributed by atoms with Gasteiger partial charge in [-0.25, -0.2) is 0 Å². The lowest BCUT2D eigenvalue weighted by Crippen LogP contribution is -2.37. The summed E-state index contributed by atoms with van der Waals surface area (Å²) in [5.74, 6) is 1.95. The number of nitrogens with two attached hydrogens (primary N) is 1. The smallest absolute Gasteiger partial charge is 0.139 e. The predicted molar refractivity (Wildman–Crippen MR) is 77.1 cm³/mol. The van der Waals surface area contributed by atoms with Crippen LogP contribution in [-0.4, -0.2) is 12.6 Å². The minimum atomic E-state index is -0.0733. The zero-order valence-corrected chi connectivity index (χ0v) is 11.2. The van der Waals surface area contributed by atoms with Gasteiger partial charge in [0.1, 0.15) is 17.6 Å². The first kappa shape index (κ1) is 11.8. The zero-order chi connectivity index (χ0) is 13.5. The first-order valence-corrected chi connectivity index (χ1v) is 7.07. The molecule has 0 bridgehead atoms. The minimum Gasteiger partial charge on any atom is -0.493 e. The summed E-state index contributed by atoms with van der Waals surface area (Å²) in [6.07, 6.45) is 1.76. The van der Waals surface area contributed by atoms with Crippen LogP contribution in [0.3, 0.4) is 0 Å². The van der Waals surface area contributed by atoms with E-state index in [1.165, 1.54) is 11.1 Å². The molecule has 0 saturated heterocycles. The van der Waals surface area contributed by atoms with Crippen molar-refractivity contribution in [1.82, 2.24) is 0 Å².